The number of carbonyl (C=O) groups is 2. The number of fused-ring (bicyclic) bond motifs is 3. The third kappa shape index (κ3) is 2.40. The van der Waals surface area contributed by atoms with Gasteiger partial charge in [0.05, 0.1) is 6.54 Å². The number of hydrogen-bond donors (Lipinski definition) is 0. The van der Waals surface area contributed by atoms with Gasteiger partial charge in [-0.15, -0.1) is 0 Å². The number of carbonyl (C=O) groups excluding carboxylic acids is 2. The summed E-state index contributed by atoms with van der Waals surface area (Å²) in [7, 11) is 0. The molecule has 0 spiro atoms. The molecule has 4 heteroatoms. The number of Topliss-reactive ketones (excluding diaryl/α,β-unsaturated/α-hetero) is 1. The Kier molecular flexibility index (Phi) is 3.37. The number of likely N-dealkylation sites (tertiary alicyclic amines) is 1. The highest BCUT2D eigenvalue weighted by atomic mass is 16.6. The summed E-state index contributed by atoms with van der Waals surface area (Å²) in [6.45, 7) is 0.948. The van der Waals surface area contributed by atoms with Gasteiger partial charge in [-0.3, -0.25) is 4.79 Å². The second-order valence-corrected chi connectivity index (χ2v) is 6.01. The molecule has 1 heterocycles. The van der Waals surface area contributed by atoms with E-state index >= 15 is 0 Å². The smallest absolute Gasteiger partial charge is 0.410 e. The molecule has 0 bridgehead atoms. The average Bonchev–Trinajstić information content (AvgIpc) is 3.15. The third-order valence-corrected chi connectivity index (χ3v) is 4.62. The van der Waals surface area contributed by atoms with Crippen LogP contribution in [-0.2, 0) is 9.53 Å². The van der Waals surface area contributed by atoms with Crippen LogP contribution < -0.4 is 0 Å². The van der Waals surface area contributed by atoms with E-state index in [0.29, 0.717) is 19.6 Å². The van der Waals surface area contributed by atoms with Crippen molar-refractivity contribution >= 4 is 11.9 Å². The molecule has 23 heavy (non-hydrogen) atoms. The van der Waals surface area contributed by atoms with Gasteiger partial charge in [0.25, 0.3) is 0 Å². The zero-order valence-electron chi connectivity index (χ0n) is 12.7. The Morgan fingerprint density at radius 1 is 1.04 bits per heavy atom. The zero-order chi connectivity index (χ0) is 15.8. The van der Waals surface area contributed by atoms with Crippen LogP contribution in [0.15, 0.2) is 48.5 Å². The van der Waals surface area contributed by atoms with Crippen LogP contribution in [0.3, 0.4) is 0 Å². The lowest BCUT2D eigenvalue weighted by Crippen LogP contribution is -2.30. The number of benzene rings is 2. The molecule has 1 amide bonds. The highest BCUT2D eigenvalue weighted by molar-refractivity contribution is 5.87. The van der Waals surface area contributed by atoms with Gasteiger partial charge in [-0.05, 0) is 22.3 Å². The van der Waals surface area contributed by atoms with Crippen molar-refractivity contribution in [2.24, 2.45) is 0 Å². The van der Waals surface area contributed by atoms with Gasteiger partial charge in [0.2, 0.25) is 0 Å². The van der Waals surface area contributed by atoms with Crippen LogP contribution in [0.4, 0.5) is 4.79 Å². The molecule has 1 aliphatic carbocycles. The monoisotopic (exact) mass is 307 g/mol. The summed E-state index contributed by atoms with van der Waals surface area (Å²) in [6.07, 6.45) is 0.0437. The first kappa shape index (κ1) is 14.0. The number of nitrogens with zero attached hydrogens (tertiary/aromatic N) is 1. The van der Waals surface area contributed by atoms with Gasteiger partial charge >= 0.3 is 6.09 Å². The summed E-state index contributed by atoms with van der Waals surface area (Å²) < 4.78 is 5.51. The Labute approximate surface area is 134 Å². The first-order valence-corrected chi connectivity index (χ1v) is 7.85. The molecule has 0 saturated carbocycles. The molecule has 4 nitrogen and oxygen atoms in total. The van der Waals surface area contributed by atoms with Crippen LogP contribution in [0.25, 0.3) is 11.1 Å². The summed E-state index contributed by atoms with van der Waals surface area (Å²) in [5.74, 6) is 0.156. The number of amides is 1. The van der Waals surface area contributed by atoms with Gasteiger partial charge in [-0.2, -0.15) is 0 Å². The highest BCUT2D eigenvalue weighted by Crippen LogP contribution is 2.44. The Bertz CT molecular complexity index is 738. The molecule has 0 atom stereocenters. The maximum Gasteiger partial charge on any atom is 0.410 e. The fourth-order valence-corrected chi connectivity index (χ4v) is 3.47. The number of ketones is 1. The first-order valence-electron chi connectivity index (χ1n) is 7.85. The van der Waals surface area contributed by atoms with E-state index in [-0.39, 0.29) is 18.2 Å². The molecule has 1 aliphatic heterocycles. The van der Waals surface area contributed by atoms with Crippen LogP contribution in [0.1, 0.15) is 23.5 Å². The van der Waals surface area contributed by atoms with Crippen molar-refractivity contribution in [2.45, 2.75) is 12.3 Å². The van der Waals surface area contributed by atoms with Crippen molar-refractivity contribution < 1.29 is 14.3 Å². The van der Waals surface area contributed by atoms with Crippen molar-refractivity contribution in [1.82, 2.24) is 4.90 Å². The minimum Gasteiger partial charge on any atom is -0.448 e. The van der Waals surface area contributed by atoms with Crippen LogP contribution in [0.5, 0.6) is 0 Å². The summed E-state index contributed by atoms with van der Waals surface area (Å²) in [6, 6.07) is 16.5. The van der Waals surface area contributed by atoms with Gasteiger partial charge in [-0.1, -0.05) is 48.5 Å². The van der Waals surface area contributed by atoms with Crippen molar-refractivity contribution in [2.75, 3.05) is 19.7 Å². The van der Waals surface area contributed by atoms with E-state index in [2.05, 4.69) is 24.3 Å². The number of rotatable bonds is 2. The normalized spacial score (nSPS) is 16.3. The summed E-state index contributed by atoms with van der Waals surface area (Å²) >= 11 is 0. The largest absolute Gasteiger partial charge is 0.448 e. The lowest BCUT2D eigenvalue weighted by Gasteiger charge is -2.18. The fraction of sp³-hybridized carbons (Fsp3) is 0.263. The molecule has 1 fully saturated rings. The fourth-order valence-electron chi connectivity index (χ4n) is 3.47. The van der Waals surface area contributed by atoms with E-state index in [0.717, 1.165) is 0 Å². The second kappa shape index (κ2) is 5.54. The molecule has 2 aliphatic rings. The van der Waals surface area contributed by atoms with Crippen LogP contribution in [-0.4, -0.2) is 36.5 Å². The van der Waals surface area contributed by atoms with Gasteiger partial charge in [0.1, 0.15) is 6.61 Å². The van der Waals surface area contributed by atoms with Gasteiger partial charge in [0.15, 0.2) is 5.78 Å². The number of ether oxygens (including phenoxy) is 1. The lowest BCUT2D eigenvalue weighted by molar-refractivity contribution is -0.116. The quantitative estimate of drug-likeness (QED) is 0.856. The molecule has 1 saturated heterocycles. The molecule has 4 rings (SSSR count). The standard InChI is InChI=1S/C19H17NO3/c21-13-9-10-20(11-13)19(22)23-12-18-16-7-3-1-5-14(16)15-6-2-4-8-17(15)18/h1-8,18H,9-12H2. The van der Waals surface area contributed by atoms with E-state index < -0.39 is 6.09 Å². The van der Waals surface area contributed by atoms with Gasteiger partial charge < -0.3 is 9.64 Å². The molecular formula is C19H17NO3. The van der Waals surface area contributed by atoms with Gasteiger partial charge in [-0.25, -0.2) is 4.79 Å². The highest BCUT2D eigenvalue weighted by Gasteiger charge is 2.31. The zero-order valence-corrected chi connectivity index (χ0v) is 12.7. The van der Waals surface area contributed by atoms with Crippen molar-refractivity contribution in [1.29, 1.82) is 0 Å². The summed E-state index contributed by atoms with van der Waals surface area (Å²) in [5.41, 5.74) is 4.80. The van der Waals surface area contributed by atoms with Gasteiger partial charge in [0, 0.05) is 18.9 Å². The maximum atomic E-state index is 12.1. The van der Waals surface area contributed by atoms with E-state index in [1.54, 1.807) is 0 Å². The Morgan fingerprint density at radius 3 is 2.22 bits per heavy atom. The van der Waals surface area contributed by atoms with Crippen LogP contribution in [0, 0.1) is 0 Å². The van der Waals surface area contributed by atoms with E-state index in [4.69, 9.17) is 4.74 Å². The molecule has 0 unspecified atom stereocenters. The Balaban J connectivity index is 1.55. The van der Waals surface area contributed by atoms with E-state index in [9.17, 15) is 9.59 Å². The third-order valence-electron chi connectivity index (χ3n) is 4.62. The SMILES string of the molecule is O=C1CCN(C(=O)OCC2c3ccccc3-c3ccccc32)C1. The molecule has 116 valence electrons. The van der Waals surface area contributed by atoms with E-state index in [1.807, 2.05) is 24.3 Å². The van der Waals surface area contributed by atoms with Crippen LogP contribution in [0.2, 0.25) is 0 Å². The second-order valence-electron chi connectivity index (χ2n) is 6.01. The molecule has 2 aromatic carbocycles. The van der Waals surface area contributed by atoms with Crippen molar-refractivity contribution in [3.63, 3.8) is 0 Å². The topological polar surface area (TPSA) is 46.6 Å². The minimum atomic E-state index is -0.391. The van der Waals surface area contributed by atoms with E-state index in [1.165, 1.54) is 27.2 Å². The van der Waals surface area contributed by atoms with Crippen LogP contribution >= 0.6 is 0 Å². The van der Waals surface area contributed by atoms with Crippen molar-refractivity contribution in [3.05, 3.63) is 59.7 Å². The molecule has 0 radical (unpaired) electrons. The molecule has 0 aromatic heterocycles. The predicted molar refractivity (Wildman–Crippen MR) is 86.3 cm³/mol. The summed E-state index contributed by atoms with van der Waals surface area (Å²) in [5, 5.41) is 0. The van der Waals surface area contributed by atoms with Crippen molar-refractivity contribution in [3.8, 4) is 11.1 Å². The number of hydrogen-bond acceptors (Lipinski definition) is 3. The molecule has 0 N–H and O–H groups in total. The Hall–Kier alpha value is -2.62. The summed E-state index contributed by atoms with van der Waals surface area (Å²) in [4.78, 5) is 24.9. The molecule has 2 aromatic rings. The molecular weight excluding hydrogens is 290 g/mol. The first-order chi connectivity index (χ1) is 11.2. The minimum absolute atomic E-state index is 0.0599. The average molecular weight is 307 g/mol. The maximum absolute atomic E-state index is 12.1. The Morgan fingerprint density at radius 2 is 1.65 bits per heavy atom. The predicted octanol–water partition coefficient (Wildman–Crippen LogP) is 3.21. The lowest BCUT2D eigenvalue weighted by atomic mass is 9.98.